The Labute approximate surface area is 345 Å². The maximum Gasteiger partial charge on any atom is 0.295 e. The standard InChI is InChI=1S/C40H44N12O6S2/c1-5-51(6-2)39-47-35(41-29-15-11-9-12-16-29)45-37(49-39)43-31-23-21-27(33(25-31)59(53,54)55)19-20-28-22-24-32(26-34(28)60(56,57)58)44-38-46-36(42-30-17-13-10-14-18-30)48-40(50-38)52(7-3)8-4/h9-26H,5-8H2,1-4H3,(H,53,54,55)(H,56,57,58)(H2,41,43,45,47,49)(H2,42,44,46,48,50)/b20-19+. The highest BCUT2D eigenvalue weighted by atomic mass is 32.2. The molecule has 20 heteroatoms. The molecule has 2 aromatic heterocycles. The summed E-state index contributed by atoms with van der Waals surface area (Å²) in [7, 11) is -9.65. The summed E-state index contributed by atoms with van der Waals surface area (Å²) in [4.78, 5) is 42.6. The van der Waals surface area contributed by atoms with E-state index in [2.05, 4.69) is 49.9 Å². The number of hydrogen-bond acceptors (Lipinski definition) is 12. The quantitative estimate of drug-likeness (QED) is 0.0626. The minimum atomic E-state index is -4.82. The van der Waals surface area contributed by atoms with Crippen molar-refractivity contribution in [1.29, 1.82) is 0 Å². The van der Waals surface area contributed by atoms with E-state index in [1.165, 1.54) is 48.6 Å². The van der Waals surface area contributed by atoms with Gasteiger partial charge in [0.2, 0.25) is 34.4 Å². The van der Waals surface area contributed by atoms with E-state index in [1.54, 1.807) is 0 Å². The van der Waals surface area contributed by atoms with E-state index in [-0.39, 0.29) is 45.0 Å². The molecule has 0 amide bonds. The number of aromatic nitrogens is 6. The van der Waals surface area contributed by atoms with E-state index < -0.39 is 30.0 Å². The first-order valence-corrected chi connectivity index (χ1v) is 21.8. The van der Waals surface area contributed by atoms with Crippen molar-refractivity contribution < 1.29 is 25.9 Å². The molecule has 6 rings (SSSR count). The molecule has 0 radical (unpaired) electrons. The van der Waals surface area contributed by atoms with Gasteiger partial charge in [-0.1, -0.05) is 60.7 Å². The van der Waals surface area contributed by atoms with E-state index in [0.29, 0.717) is 49.5 Å². The number of anilines is 2. The Balaban J connectivity index is 1.40. The van der Waals surface area contributed by atoms with Crippen LogP contribution in [0.1, 0.15) is 38.8 Å². The van der Waals surface area contributed by atoms with Crippen molar-refractivity contribution in [1.82, 2.24) is 29.9 Å². The maximum absolute atomic E-state index is 12.7. The SMILES string of the molecule is CCN(CC)c1nc(=Nc2ccccc2)[nH]c(=Nc2ccc(/C=C/c3ccc(N=c4[nH]c(N(CC)CC)nc(=Nc5ccccc5)[nH]4)cc3S(=O)(=O)O)c(S(=O)(=O)O)c2)[nH]1. The average Bonchev–Trinajstić information content (AvgIpc) is 3.21. The summed E-state index contributed by atoms with van der Waals surface area (Å²) in [6, 6.07) is 26.5. The van der Waals surface area contributed by atoms with Crippen LogP contribution in [0.4, 0.5) is 34.6 Å². The lowest BCUT2D eigenvalue weighted by Crippen LogP contribution is -2.34. The van der Waals surface area contributed by atoms with Gasteiger partial charge >= 0.3 is 0 Å². The molecule has 0 aliphatic rings. The first-order chi connectivity index (χ1) is 28.8. The van der Waals surface area contributed by atoms with Crippen LogP contribution in [-0.2, 0) is 20.2 Å². The number of nitrogens with zero attached hydrogens (tertiary/aromatic N) is 8. The second-order valence-corrected chi connectivity index (χ2v) is 15.7. The molecule has 0 saturated carbocycles. The average molecular weight is 853 g/mol. The third kappa shape index (κ3) is 11.0. The molecule has 6 aromatic rings. The fourth-order valence-electron chi connectivity index (χ4n) is 5.96. The van der Waals surface area contributed by atoms with Gasteiger partial charge in [-0.05, 0) is 87.4 Å². The summed E-state index contributed by atoms with van der Waals surface area (Å²) >= 11 is 0. The molecule has 6 N–H and O–H groups in total. The van der Waals surface area contributed by atoms with Gasteiger partial charge in [0.1, 0.15) is 9.79 Å². The fraction of sp³-hybridized carbons (Fsp3) is 0.200. The zero-order valence-corrected chi connectivity index (χ0v) is 34.8. The summed E-state index contributed by atoms with van der Waals surface area (Å²) in [5.41, 5.74) is 2.49. The molecular weight excluding hydrogens is 809 g/mol. The number of aromatic amines is 4. The van der Waals surface area contributed by atoms with Gasteiger partial charge in [-0.15, -0.1) is 0 Å². The van der Waals surface area contributed by atoms with Crippen LogP contribution in [0.5, 0.6) is 0 Å². The van der Waals surface area contributed by atoms with Crippen LogP contribution in [0.25, 0.3) is 12.2 Å². The number of para-hydroxylation sites is 2. The van der Waals surface area contributed by atoms with Gasteiger partial charge in [-0.3, -0.25) is 29.0 Å². The second kappa shape index (κ2) is 18.9. The zero-order valence-electron chi connectivity index (χ0n) is 33.1. The van der Waals surface area contributed by atoms with Gasteiger partial charge in [0.05, 0.1) is 22.7 Å². The van der Waals surface area contributed by atoms with Crippen molar-refractivity contribution in [2.75, 3.05) is 36.0 Å². The van der Waals surface area contributed by atoms with E-state index in [9.17, 15) is 25.9 Å². The smallest absolute Gasteiger partial charge is 0.295 e. The van der Waals surface area contributed by atoms with Gasteiger partial charge in [0.25, 0.3) is 20.2 Å². The van der Waals surface area contributed by atoms with Crippen molar-refractivity contribution in [2.24, 2.45) is 20.0 Å². The van der Waals surface area contributed by atoms with Crippen molar-refractivity contribution in [3.63, 3.8) is 0 Å². The molecule has 0 unspecified atom stereocenters. The molecule has 0 saturated heterocycles. The van der Waals surface area contributed by atoms with Crippen LogP contribution in [0.15, 0.2) is 127 Å². The van der Waals surface area contributed by atoms with Crippen LogP contribution in [0.2, 0.25) is 0 Å². The Bertz CT molecular complexity index is 2800. The predicted molar refractivity (Wildman–Crippen MR) is 228 cm³/mol. The third-order valence-corrected chi connectivity index (χ3v) is 10.7. The lowest BCUT2D eigenvalue weighted by Gasteiger charge is -2.18. The van der Waals surface area contributed by atoms with E-state index in [0.717, 1.165) is 0 Å². The molecule has 312 valence electrons. The van der Waals surface area contributed by atoms with Crippen LogP contribution >= 0.6 is 0 Å². The molecule has 0 spiro atoms. The van der Waals surface area contributed by atoms with Crippen molar-refractivity contribution in [2.45, 2.75) is 37.5 Å². The first-order valence-electron chi connectivity index (χ1n) is 18.9. The van der Waals surface area contributed by atoms with Gasteiger partial charge in [-0.25, -0.2) is 20.0 Å². The minimum absolute atomic E-state index is 0.0115. The van der Waals surface area contributed by atoms with Gasteiger partial charge in [-0.2, -0.15) is 26.8 Å². The molecular formula is C40H44N12O6S2. The third-order valence-electron chi connectivity index (χ3n) is 8.93. The number of benzene rings is 4. The highest BCUT2D eigenvalue weighted by Crippen LogP contribution is 2.27. The minimum Gasteiger partial charge on any atom is -0.343 e. The topological polar surface area (TPSA) is 254 Å². The van der Waals surface area contributed by atoms with E-state index >= 15 is 0 Å². The molecule has 2 heterocycles. The molecule has 4 aromatic carbocycles. The largest absolute Gasteiger partial charge is 0.343 e. The molecule has 60 heavy (non-hydrogen) atoms. The fourth-order valence-corrected chi connectivity index (χ4v) is 7.36. The van der Waals surface area contributed by atoms with Gasteiger partial charge < -0.3 is 9.80 Å². The number of nitrogens with one attached hydrogen (secondary N) is 4. The lowest BCUT2D eigenvalue weighted by molar-refractivity contribution is 0.480. The predicted octanol–water partition coefficient (Wildman–Crippen LogP) is 5.07. The monoisotopic (exact) mass is 852 g/mol. The Morgan fingerprint density at radius 2 is 0.883 bits per heavy atom. The van der Waals surface area contributed by atoms with Gasteiger partial charge in [0, 0.05) is 26.2 Å². The van der Waals surface area contributed by atoms with Gasteiger partial charge in [0.15, 0.2) is 0 Å². The second-order valence-electron chi connectivity index (χ2n) is 12.9. The number of H-pyrrole nitrogens is 4. The van der Waals surface area contributed by atoms with Crippen LogP contribution < -0.4 is 32.3 Å². The summed E-state index contributed by atoms with van der Waals surface area (Å²) in [6.07, 6.45) is 2.59. The Kier molecular flexibility index (Phi) is 13.5. The lowest BCUT2D eigenvalue weighted by atomic mass is 10.1. The summed E-state index contributed by atoms with van der Waals surface area (Å²) in [5, 5.41) is 0. The summed E-state index contributed by atoms with van der Waals surface area (Å²) in [6.45, 7) is 10.4. The van der Waals surface area contributed by atoms with E-state index in [4.69, 9.17) is 0 Å². The molecule has 0 atom stereocenters. The van der Waals surface area contributed by atoms with Crippen LogP contribution in [0, 0.1) is 0 Å². The van der Waals surface area contributed by atoms with Crippen LogP contribution in [0.3, 0.4) is 0 Å². The number of rotatable bonds is 14. The summed E-state index contributed by atoms with van der Waals surface area (Å²) < 4.78 is 71.3. The molecule has 18 nitrogen and oxygen atoms in total. The van der Waals surface area contributed by atoms with Crippen molar-refractivity contribution >= 4 is 67.0 Å². The molecule has 0 aliphatic heterocycles. The normalized spacial score (nSPS) is 13.4. The highest BCUT2D eigenvalue weighted by Gasteiger charge is 2.18. The first kappa shape index (κ1) is 42.9. The Morgan fingerprint density at radius 3 is 1.22 bits per heavy atom. The summed E-state index contributed by atoms with van der Waals surface area (Å²) in [5.74, 6) is 0.944. The molecule has 0 fully saturated rings. The zero-order chi connectivity index (χ0) is 42.9. The van der Waals surface area contributed by atoms with E-state index in [1.807, 2.05) is 98.2 Å². The number of hydrogen-bond donors (Lipinski definition) is 6. The van der Waals surface area contributed by atoms with Crippen molar-refractivity contribution in [3.05, 3.63) is 131 Å². The molecule has 0 bridgehead atoms. The van der Waals surface area contributed by atoms with Crippen LogP contribution in [-0.4, -0.2) is 82.0 Å². The Morgan fingerprint density at radius 1 is 0.517 bits per heavy atom. The molecule has 0 aliphatic carbocycles. The highest BCUT2D eigenvalue weighted by molar-refractivity contribution is 7.86. The maximum atomic E-state index is 12.7. The Hall–Kier alpha value is -6.74. The van der Waals surface area contributed by atoms with Crippen molar-refractivity contribution in [3.8, 4) is 0 Å².